The van der Waals surface area contributed by atoms with E-state index in [4.69, 9.17) is 4.52 Å². The number of nitrogens with one attached hydrogen (secondary N) is 1. The maximum absolute atomic E-state index is 12.2. The molecule has 31 heavy (non-hydrogen) atoms. The number of fused-ring (bicyclic) bond motifs is 1. The predicted molar refractivity (Wildman–Crippen MR) is 118 cm³/mol. The highest BCUT2D eigenvalue weighted by atomic mass is 16.5. The van der Waals surface area contributed by atoms with Crippen molar-refractivity contribution >= 4 is 16.9 Å². The third kappa shape index (κ3) is 4.81. The van der Waals surface area contributed by atoms with Crippen LogP contribution in [-0.2, 0) is 17.8 Å². The van der Waals surface area contributed by atoms with E-state index in [1.165, 1.54) is 38.5 Å². The minimum absolute atomic E-state index is 0.127. The molecule has 0 spiro atoms. The van der Waals surface area contributed by atoms with Crippen molar-refractivity contribution in [3.05, 3.63) is 30.4 Å². The molecular weight excluding hydrogens is 390 g/mol. The summed E-state index contributed by atoms with van der Waals surface area (Å²) in [5, 5.41) is 7.33. The van der Waals surface area contributed by atoms with Crippen molar-refractivity contribution in [1.82, 2.24) is 25.0 Å². The summed E-state index contributed by atoms with van der Waals surface area (Å²) in [6.07, 6.45) is 14.3. The topological polar surface area (TPSA) is 85.8 Å². The molecule has 0 atom stereocenters. The van der Waals surface area contributed by atoms with Crippen molar-refractivity contribution in [3.63, 3.8) is 0 Å². The Hall–Kier alpha value is -2.70. The van der Waals surface area contributed by atoms with Gasteiger partial charge in [-0.25, -0.2) is 4.98 Å². The van der Waals surface area contributed by atoms with Crippen molar-refractivity contribution in [2.24, 2.45) is 5.92 Å². The van der Waals surface area contributed by atoms with Gasteiger partial charge in [-0.1, -0.05) is 43.7 Å². The van der Waals surface area contributed by atoms with Gasteiger partial charge in [0, 0.05) is 31.0 Å². The largest absolute Gasteiger partial charge is 0.353 e. The van der Waals surface area contributed by atoms with Gasteiger partial charge in [-0.2, -0.15) is 4.98 Å². The van der Waals surface area contributed by atoms with E-state index in [2.05, 4.69) is 20.4 Å². The number of hydrogen-bond acceptors (Lipinski definition) is 5. The minimum atomic E-state index is 0.127. The molecule has 1 N–H and O–H groups in total. The van der Waals surface area contributed by atoms with Gasteiger partial charge in [-0.05, 0) is 43.4 Å². The lowest BCUT2D eigenvalue weighted by Crippen LogP contribution is -2.33. The Balaban J connectivity index is 1.20. The third-order valence-corrected chi connectivity index (χ3v) is 6.89. The molecule has 7 heteroatoms. The van der Waals surface area contributed by atoms with E-state index in [9.17, 15) is 4.79 Å². The van der Waals surface area contributed by atoms with Gasteiger partial charge in [0.05, 0.1) is 17.4 Å². The molecule has 2 aliphatic rings. The molecule has 5 rings (SSSR count). The van der Waals surface area contributed by atoms with Gasteiger partial charge in [-0.15, -0.1) is 0 Å². The Bertz CT molecular complexity index is 1030. The Morgan fingerprint density at radius 2 is 1.94 bits per heavy atom. The van der Waals surface area contributed by atoms with Gasteiger partial charge in [0.1, 0.15) is 0 Å². The smallest absolute Gasteiger partial charge is 0.226 e. The van der Waals surface area contributed by atoms with E-state index in [0.717, 1.165) is 54.1 Å². The van der Waals surface area contributed by atoms with Gasteiger partial charge >= 0.3 is 0 Å². The van der Waals surface area contributed by atoms with Crippen LogP contribution in [0.3, 0.4) is 0 Å². The van der Waals surface area contributed by atoms with E-state index in [1.807, 2.05) is 22.8 Å². The molecule has 1 amide bonds. The number of carbonyl (C=O) groups is 1. The molecule has 0 aliphatic heterocycles. The Kier molecular flexibility index (Phi) is 6.00. The molecule has 1 aromatic carbocycles. The van der Waals surface area contributed by atoms with Crippen LogP contribution in [0.2, 0.25) is 0 Å². The van der Waals surface area contributed by atoms with Crippen molar-refractivity contribution in [1.29, 1.82) is 0 Å². The molecular formula is C24H31N5O2. The summed E-state index contributed by atoms with van der Waals surface area (Å²) in [6.45, 7) is 0.627. The van der Waals surface area contributed by atoms with Gasteiger partial charge in [0.15, 0.2) is 0 Å². The number of rotatable bonds is 8. The predicted octanol–water partition coefficient (Wildman–Crippen LogP) is 4.66. The number of aryl methyl sites for hydroxylation is 2. The Labute approximate surface area is 182 Å². The first-order chi connectivity index (χ1) is 15.2. The maximum Gasteiger partial charge on any atom is 0.226 e. The fourth-order valence-corrected chi connectivity index (χ4v) is 5.07. The lowest BCUT2D eigenvalue weighted by atomic mass is 10.0. The average molecular weight is 422 g/mol. The van der Waals surface area contributed by atoms with E-state index in [0.29, 0.717) is 24.8 Å². The lowest BCUT2D eigenvalue weighted by Gasteiger charge is -2.12. The summed E-state index contributed by atoms with van der Waals surface area (Å²) in [4.78, 5) is 21.4. The molecule has 0 bridgehead atoms. The second-order valence-corrected chi connectivity index (χ2v) is 9.14. The van der Waals surface area contributed by atoms with Crippen LogP contribution >= 0.6 is 0 Å². The van der Waals surface area contributed by atoms with Crippen LogP contribution in [0, 0.1) is 5.92 Å². The number of benzene rings is 1. The Morgan fingerprint density at radius 3 is 2.77 bits per heavy atom. The number of imidazole rings is 1. The molecule has 2 saturated carbocycles. The standard InChI is InChI=1S/C24H31N5O2/c30-22(26-19-7-3-4-8-19)13-14-29-16-25-20-15-18(10-11-21(20)29)24-27-23(31-28-24)12-9-17-5-1-2-6-17/h10-11,15-17,19H,1-9,12-14H2,(H,26,30). The van der Waals surface area contributed by atoms with Crippen LogP contribution in [0.4, 0.5) is 0 Å². The number of hydrogen-bond donors (Lipinski definition) is 1. The summed E-state index contributed by atoms with van der Waals surface area (Å²) in [5.41, 5.74) is 2.81. The fraction of sp³-hybridized carbons (Fsp3) is 0.583. The van der Waals surface area contributed by atoms with Crippen molar-refractivity contribution in [2.75, 3.05) is 0 Å². The highest BCUT2D eigenvalue weighted by molar-refractivity contribution is 5.81. The van der Waals surface area contributed by atoms with E-state index >= 15 is 0 Å². The molecule has 0 radical (unpaired) electrons. The molecule has 2 heterocycles. The van der Waals surface area contributed by atoms with E-state index in [-0.39, 0.29) is 5.91 Å². The number of carbonyl (C=O) groups excluding carboxylic acids is 1. The monoisotopic (exact) mass is 421 g/mol. The normalized spacial score (nSPS) is 17.7. The molecule has 0 unspecified atom stereocenters. The van der Waals surface area contributed by atoms with Gasteiger partial charge < -0.3 is 14.4 Å². The summed E-state index contributed by atoms with van der Waals surface area (Å²) in [6, 6.07) is 6.40. The average Bonchev–Trinajstić information content (AvgIpc) is 3.58. The van der Waals surface area contributed by atoms with Gasteiger partial charge in [-0.3, -0.25) is 4.79 Å². The van der Waals surface area contributed by atoms with Crippen LogP contribution in [0.25, 0.3) is 22.4 Å². The first kappa shape index (κ1) is 20.2. The second-order valence-electron chi connectivity index (χ2n) is 9.14. The molecule has 2 fully saturated rings. The quantitative estimate of drug-likeness (QED) is 0.572. The van der Waals surface area contributed by atoms with E-state index in [1.54, 1.807) is 6.33 Å². The van der Waals surface area contributed by atoms with Crippen LogP contribution in [0.1, 0.15) is 70.1 Å². The molecule has 2 aliphatic carbocycles. The molecule has 7 nitrogen and oxygen atoms in total. The third-order valence-electron chi connectivity index (χ3n) is 6.89. The van der Waals surface area contributed by atoms with Crippen molar-refractivity contribution in [3.8, 4) is 11.4 Å². The van der Waals surface area contributed by atoms with Crippen LogP contribution in [0.15, 0.2) is 29.0 Å². The summed E-state index contributed by atoms with van der Waals surface area (Å²) in [5.74, 6) is 2.29. The zero-order valence-corrected chi connectivity index (χ0v) is 18.1. The highest BCUT2D eigenvalue weighted by Gasteiger charge is 2.18. The number of aromatic nitrogens is 4. The van der Waals surface area contributed by atoms with Crippen molar-refractivity contribution in [2.45, 2.75) is 83.2 Å². The second kappa shape index (κ2) is 9.20. The fourth-order valence-electron chi connectivity index (χ4n) is 5.07. The SMILES string of the molecule is O=C(CCn1cnc2cc(-c3noc(CCC4CCCC4)n3)ccc21)NC1CCCC1. The van der Waals surface area contributed by atoms with Gasteiger partial charge in [0.25, 0.3) is 0 Å². The molecule has 164 valence electrons. The number of amides is 1. The summed E-state index contributed by atoms with van der Waals surface area (Å²) < 4.78 is 7.52. The van der Waals surface area contributed by atoms with Crippen LogP contribution in [0.5, 0.6) is 0 Å². The van der Waals surface area contributed by atoms with Crippen molar-refractivity contribution < 1.29 is 9.32 Å². The Morgan fingerprint density at radius 1 is 1.13 bits per heavy atom. The number of nitrogens with zero attached hydrogens (tertiary/aromatic N) is 4. The highest BCUT2D eigenvalue weighted by Crippen LogP contribution is 2.29. The zero-order valence-electron chi connectivity index (χ0n) is 18.1. The lowest BCUT2D eigenvalue weighted by molar-refractivity contribution is -0.121. The first-order valence-corrected chi connectivity index (χ1v) is 11.8. The minimum Gasteiger partial charge on any atom is -0.353 e. The molecule has 3 aromatic rings. The zero-order chi connectivity index (χ0) is 21.0. The summed E-state index contributed by atoms with van der Waals surface area (Å²) in [7, 11) is 0. The molecule has 2 aromatic heterocycles. The first-order valence-electron chi connectivity index (χ1n) is 11.8. The molecule has 0 saturated heterocycles. The van der Waals surface area contributed by atoms with Gasteiger partial charge in [0.2, 0.25) is 17.6 Å². The maximum atomic E-state index is 12.2. The van der Waals surface area contributed by atoms with Crippen LogP contribution < -0.4 is 5.32 Å². The van der Waals surface area contributed by atoms with E-state index < -0.39 is 0 Å². The van der Waals surface area contributed by atoms with Crippen LogP contribution in [-0.4, -0.2) is 31.6 Å². The summed E-state index contributed by atoms with van der Waals surface area (Å²) >= 11 is 0.